The van der Waals surface area contributed by atoms with E-state index in [4.69, 9.17) is 9.84 Å². The Kier molecular flexibility index (Phi) is 7.45. The Hall–Kier alpha value is -4.13. The Labute approximate surface area is 204 Å². The molecule has 7 heteroatoms. The van der Waals surface area contributed by atoms with E-state index < -0.39 is 24.0 Å². The second-order valence-electron chi connectivity index (χ2n) is 8.53. The molecule has 3 aromatic rings. The number of ether oxygens (including phenoxy) is 1. The van der Waals surface area contributed by atoms with Crippen LogP contribution < -0.4 is 10.6 Å². The van der Waals surface area contributed by atoms with Gasteiger partial charge in [0.05, 0.1) is 6.42 Å². The smallest absolute Gasteiger partial charge is 0.407 e. The highest BCUT2D eigenvalue weighted by atomic mass is 16.5. The Morgan fingerprint density at radius 3 is 2.14 bits per heavy atom. The van der Waals surface area contributed by atoms with Gasteiger partial charge in [0.25, 0.3) is 0 Å². The number of fused-ring (bicyclic) bond motifs is 3. The van der Waals surface area contributed by atoms with E-state index in [0.717, 1.165) is 22.3 Å². The van der Waals surface area contributed by atoms with Crippen molar-refractivity contribution in [1.82, 2.24) is 5.32 Å². The van der Waals surface area contributed by atoms with Crippen molar-refractivity contribution < 1.29 is 24.2 Å². The molecule has 2 amide bonds. The first-order chi connectivity index (χ1) is 17.0. The van der Waals surface area contributed by atoms with Gasteiger partial charge in [-0.25, -0.2) is 4.79 Å². The number of benzene rings is 3. The molecule has 1 aliphatic carbocycles. The van der Waals surface area contributed by atoms with E-state index in [-0.39, 0.29) is 18.9 Å². The zero-order valence-electron chi connectivity index (χ0n) is 19.5. The monoisotopic (exact) mass is 472 g/mol. The van der Waals surface area contributed by atoms with E-state index in [2.05, 4.69) is 22.8 Å². The van der Waals surface area contributed by atoms with Gasteiger partial charge < -0.3 is 20.5 Å². The molecule has 0 radical (unpaired) electrons. The van der Waals surface area contributed by atoms with Gasteiger partial charge in [0.1, 0.15) is 12.6 Å². The summed E-state index contributed by atoms with van der Waals surface area (Å²) in [4.78, 5) is 36.8. The minimum atomic E-state index is -0.992. The van der Waals surface area contributed by atoms with E-state index >= 15 is 0 Å². The number of carboxylic acids is 1. The molecule has 7 nitrogen and oxygen atoms in total. The van der Waals surface area contributed by atoms with Gasteiger partial charge in [-0.1, -0.05) is 80.1 Å². The Morgan fingerprint density at radius 2 is 1.51 bits per heavy atom. The third kappa shape index (κ3) is 5.51. The molecule has 0 aromatic heterocycles. The summed E-state index contributed by atoms with van der Waals surface area (Å²) in [7, 11) is 0. The van der Waals surface area contributed by atoms with Crippen molar-refractivity contribution in [2.75, 3.05) is 11.9 Å². The fourth-order valence-corrected chi connectivity index (χ4v) is 4.52. The first-order valence-electron chi connectivity index (χ1n) is 11.7. The number of carboxylic acid groups (broad SMARTS) is 1. The Morgan fingerprint density at radius 1 is 0.914 bits per heavy atom. The molecule has 0 spiro atoms. The van der Waals surface area contributed by atoms with E-state index in [1.54, 1.807) is 24.3 Å². The number of para-hydroxylation sites is 1. The molecule has 0 saturated heterocycles. The molecule has 180 valence electrons. The van der Waals surface area contributed by atoms with Crippen LogP contribution in [0.1, 0.15) is 42.4 Å². The highest BCUT2D eigenvalue weighted by Crippen LogP contribution is 2.44. The summed E-state index contributed by atoms with van der Waals surface area (Å²) in [5, 5.41) is 14.6. The minimum absolute atomic E-state index is 0.0745. The fraction of sp³-hybridized carbons (Fsp3) is 0.250. The summed E-state index contributed by atoms with van der Waals surface area (Å²) in [5.41, 5.74) is 5.40. The second-order valence-corrected chi connectivity index (χ2v) is 8.53. The van der Waals surface area contributed by atoms with Crippen molar-refractivity contribution in [3.05, 3.63) is 89.5 Å². The topological polar surface area (TPSA) is 105 Å². The molecule has 1 aliphatic rings. The average molecular weight is 473 g/mol. The molecule has 1 unspecified atom stereocenters. The molecular weight excluding hydrogens is 444 g/mol. The number of hydrogen-bond acceptors (Lipinski definition) is 4. The fourth-order valence-electron chi connectivity index (χ4n) is 4.52. The number of nitrogens with one attached hydrogen (secondary N) is 2. The molecule has 0 fully saturated rings. The molecule has 3 N–H and O–H groups in total. The molecule has 35 heavy (non-hydrogen) atoms. The summed E-state index contributed by atoms with van der Waals surface area (Å²) < 4.78 is 5.59. The van der Waals surface area contributed by atoms with Crippen LogP contribution in [0.5, 0.6) is 0 Å². The van der Waals surface area contributed by atoms with Crippen LogP contribution in [0.4, 0.5) is 10.5 Å². The first kappa shape index (κ1) is 24.0. The predicted octanol–water partition coefficient (Wildman–Crippen LogP) is 4.96. The molecule has 0 heterocycles. The van der Waals surface area contributed by atoms with Crippen molar-refractivity contribution in [2.45, 2.75) is 38.1 Å². The third-order valence-electron chi connectivity index (χ3n) is 6.15. The van der Waals surface area contributed by atoms with Gasteiger partial charge in [0.15, 0.2) is 0 Å². The van der Waals surface area contributed by atoms with Gasteiger partial charge in [-0.05, 0) is 40.3 Å². The van der Waals surface area contributed by atoms with Crippen molar-refractivity contribution >= 4 is 23.7 Å². The van der Waals surface area contributed by atoms with Crippen LogP contribution in [-0.4, -0.2) is 35.7 Å². The predicted molar refractivity (Wildman–Crippen MR) is 133 cm³/mol. The quantitative estimate of drug-likeness (QED) is 0.408. The highest BCUT2D eigenvalue weighted by molar-refractivity contribution is 5.97. The van der Waals surface area contributed by atoms with Crippen LogP contribution in [-0.2, 0) is 20.7 Å². The zero-order valence-corrected chi connectivity index (χ0v) is 19.5. The lowest BCUT2D eigenvalue weighted by Crippen LogP contribution is -2.44. The molecule has 4 rings (SSSR count). The molecule has 0 aliphatic heterocycles. The van der Waals surface area contributed by atoms with Crippen LogP contribution in [0.3, 0.4) is 0 Å². The molecule has 0 saturated carbocycles. The number of carbonyl (C=O) groups excluding carboxylic acids is 2. The first-order valence-corrected chi connectivity index (χ1v) is 11.7. The molecule has 1 atom stereocenters. The average Bonchev–Trinajstić information content (AvgIpc) is 3.17. The summed E-state index contributed by atoms with van der Waals surface area (Å²) in [6, 6.07) is 22.1. The van der Waals surface area contributed by atoms with Crippen LogP contribution in [0, 0.1) is 0 Å². The van der Waals surface area contributed by atoms with Gasteiger partial charge in [0.2, 0.25) is 5.91 Å². The number of rotatable bonds is 9. The van der Waals surface area contributed by atoms with Crippen molar-refractivity contribution in [2.24, 2.45) is 0 Å². The Balaban J connectivity index is 1.41. The third-order valence-corrected chi connectivity index (χ3v) is 6.15. The maximum Gasteiger partial charge on any atom is 0.407 e. The molecule has 3 aromatic carbocycles. The maximum absolute atomic E-state index is 12.9. The number of amides is 2. The standard InChI is InChI=1S/C28H28N2O5/c1-2-9-25(27(33)29-24-15-8-3-10-18(24)16-26(31)32)30-28(34)35-17-23-21-13-6-4-11-19(21)20-12-5-7-14-22(20)23/h3-8,10-15,23,25H,2,9,16-17H2,1H3,(H,29,33)(H,30,34)(H,31,32). The van der Waals surface area contributed by atoms with Gasteiger partial charge in [-0.15, -0.1) is 0 Å². The van der Waals surface area contributed by atoms with Gasteiger partial charge in [0, 0.05) is 11.6 Å². The summed E-state index contributed by atoms with van der Waals surface area (Å²) in [5.74, 6) is -1.48. The van der Waals surface area contributed by atoms with Gasteiger partial charge in [-0.3, -0.25) is 9.59 Å². The number of hydrogen-bond donors (Lipinski definition) is 3. The van der Waals surface area contributed by atoms with Gasteiger partial charge in [-0.2, -0.15) is 0 Å². The molecular formula is C28H28N2O5. The zero-order chi connectivity index (χ0) is 24.8. The number of alkyl carbamates (subject to hydrolysis) is 1. The van der Waals surface area contributed by atoms with Gasteiger partial charge >= 0.3 is 12.1 Å². The normalized spacial score (nSPS) is 12.8. The van der Waals surface area contributed by atoms with Crippen LogP contribution in [0.15, 0.2) is 72.8 Å². The van der Waals surface area contributed by atoms with Crippen LogP contribution >= 0.6 is 0 Å². The van der Waals surface area contributed by atoms with E-state index in [0.29, 0.717) is 24.1 Å². The summed E-state index contributed by atoms with van der Waals surface area (Å²) in [6.07, 6.45) is 0.198. The number of aliphatic carboxylic acids is 1. The molecule has 0 bridgehead atoms. The van der Waals surface area contributed by atoms with E-state index in [1.807, 2.05) is 43.3 Å². The minimum Gasteiger partial charge on any atom is -0.481 e. The SMILES string of the molecule is CCCC(NC(=O)OCC1c2ccccc2-c2ccccc21)C(=O)Nc1ccccc1CC(=O)O. The summed E-state index contributed by atoms with van der Waals surface area (Å²) >= 11 is 0. The van der Waals surface area contributed by atoms with Crippen molar-refractivity contribution in [3.63, 3.8) is 0 Å². The summed E-state index contributed by atoms with van der Waals surface area (Å²) in [6.45, 7) is 2.07. The van der Waals surface area contributed by atoms with E-state index in [9.17, 15) is 14.4 Å². The lowest BCUT2D eigenvalue weighted by molar-refractivity contribution is -0.136. The lowest BCUT2D eigenvalue weighted by Gasteiger charge is -2.20. The highest BCUT2D eigenvalue weighted by Gasteiger charge is 2.29. The van der Waals surface area contributed by atoms with Crippen LogP contribution in [0.2, 0.25) is 0 Å². The largest absolute Gasteiger partial charge is 0.481 e. The van der Waals surface area contributed by atoms with Crippen molar-refractivity contribution in [1.29, 1.82) is 0 Å². The maximum atomic E-state index is 12.9. The number of carbonyl (C=O) groups is 3. The number of anilines is 1. The second kappa shape index (κ2) is 10.9. The lowest BCUT2D eigenvalue weighted by atomic mass is 9.98. The van der Waals surface area contributed by atoms with Crippen molar-refractivity contribution in [3.8, 4) is 11.1 Å². The van der Waals surface area contributed by atoms with E-state index in [1.165, 1.54) is 0 Å². The Bertz CT molecular complexity index is 1190. The van der Waals surface area contributed by atoms with Crippen LogP contribution in [0.25, 0.3) is 11.1 Å².